The first-order valence-corrected chi connectivity index (χ1v) is 15.0. The molecule has 1 aliphatic rings. The molecule has 0 fully saturated rings. The third-order valence-electron chi connectivity index (χ3n) is 6.89. The second kappa shape index (κ2) is 15.9. The zero-order valence-corrected chi connectivity index (χ0v) is 27.0. The molecule has 14 heteroatoms. The summed E-state index contributed by atoms with van der Waals surface area (Å²) >= 11 is 10.9. The van der Waals surface area contributed by atoms with Gasteiger partial charge in [-0.2, -0.15) is 0 Å². The number of esters is 1. The monoisotopic (exact) mass is 663 g/mol. The number of aliphatic imine (C=N–C) groups is 1. The zero-order valence-electron chi connectivity index (χ0n) is 25.3. The molecule has 2 atom stereocenters. The number of anilines is 1. The molecule has 0 aliphatic carbocycles. The Morgan fingerprint density at radius 1 is 1.17 bits per heavy atom. The third kappa shape index (κ3) is 8.84. The smallest absolute Gasteiger partial charge is 0.338 e. The molecule has 12 nitrogen and oxygen atoms in total. The van der Waals surface area contributed by atoms with Crippen LogP contribution in [0.4, 0.5) is 11.4 Å². The van der Waals surface area contributed by atoms with Crippen molar-refractivity contribution in [3.05, 3.63) is 105 Å². The second-order valence-electron chi connectivity index (χ2n) is 10.0. The van der Waals surface area contributed by atoms with Crippen LogP contribution in [0.1, 0.15) is 31.0 Å². The number of aliphatic hydroxyl groups excluding tert-OH is 1. The summed E-state index contributed by atoms with van der Waals surface area (Å²) in [5, 5.41) is 28.8. The molecular weight excluding hydrogens is 631 g/mol. The fourth-order valence-corrected chi connectivity index (χ4v) is 5.11. The highest BCUT2D eigenvalue weighted by atomic mass is 32.1. The number of ether oxygens (including phenoxy) is 3. The Labute approximate surface area is 276 Å². The number of carbonyl (C=O) groups is 1. The van der Waals surface area contributed by atoms with E-state index in [0.29, 0.717) is 22.1 Å². The fourth-order valence-electron chi connectivity index (χ4n) is 4.61. The van der Waals surface area contributed by atoms with Gasteiger partial charge in [-0.1, -0.05) is 12.1 Å². The number of nitrogens with one attached hydrogen (secondary N) is 2. The van der Waals surface area contributed by atoms with Crippen LogP contribution in [0.15, 0.2) is 89.1 Å². The van der Waals surface area contributed by atoms with Gasteiger partial charge >= 0.3 is 5.97 Å². The molecular formula is C32H33N5O7S2. The minimum Gasteiger partial charge on any atom is -0.497 e. The number of nitro groups is 1. The third-order valence-corrected chi connectivity index (χ3v) is 7.44. The van der Waals surface area contributed by atoms with Crippen molar-refractivity contribution in [2.45, 2.75) is 26.0 Å². The fraction of sp³-hybridized carbons (Fsp3) is 0.250. The Hall–Kier alpha value is -4.92. The van der Waals surface area contributed by atoms with Crippen molar-refractivity contribution in [2.75, 3.05) is 32.2 Å². The Bertz CT molecular complexity index is 1650. The van der Waals surface area contributed by atoms with Crippen molar-refractivity contribution in [3.63, 3.8) is 0 Å². The summed E-state index contributed by atoms with van der Waals surface area (Å²) < 4.78 is 16.2. The van der Waals surface area contributed by atoms with Crippen molar-refractivity contribution in [1.82, 2.24) is 10.2 Å². The number of aliphatic hydroxyl groups is 1. The molecule has 3 aromatic carbocycles. The van der Waals surface area contributed by atoms with E-state index in [1.807, 2.05) is 24.3 Å². The van der Waals surface area contributed by atoms with Crippen molar-refractivity contribution in [2.24, 2.45) is 4.99 Å². The number of allylic oxidation sites excluding steroid dienone is 1. The lowest BCUT2D eigenvalue weighted by Gasteiger charge is -2.38. The maximum atomic E-state index is 13.0. The second-order valence-corrected chi connectivity index (χ2v) is 10.8. The van der Waals surface area contributed by atoms with Crippen molar-refractivity contribution in [3.8, 4) is 11.5 Å². The molecule has 0 spiro atoms. The van der Waals surface area contributed by atoms with Gasteiger partial charge in [-0.05, 0) is 97.9 Å². The van der Waals surface area contributed by atoms with Gasteiger partial charge in [0.25, 0.3) is 5.69 Å². The number of methoxy groups -OCH3 is 1. The lowest BCUT2D eigenvalue weighted by Crippen LogP contribution is -2.50. The zero-order chi connectivity index (χ0) is 33.2. The van der Waals surface area contributed by atoms with E-state index < -0.39 is 23.0 Å². The van der Waals surface area contributed by atoms with Crippen LogP contribution in [0.25, 0.3) is 0 Å². The van der Waals surface area contributed by atoms with Crippen LogP contribution in [-0.4, -0.2) is 70.3 Å². The summed E-state index contributed by atoms with van der Waals surface area (Å²) in [5.74, 6) is 0.674. The molecule has 1 aliphatic heterocycles. The van der Waals surface area contributed by atoms with Crippen LogP contribution in [0, 0.1) is 10.1 Å². The number of hydrogen-bond acceptors (Lipinski definition) is 9. The van der Waals surface area contributed by atoms with Gasteiger partial charge in [-0.3, -0.25) is 10.1 Å². The number of nitro benzene ring substituents is 1. The Balaban J connectivity index is 1.37. The van der Waals surface area contributed by atoms with Gasteiger partial charge in [0.1, 0.15) is 24.2 Å². The lowest BCUT2D eigenvalue weighted by molar-refractivity contribution is -0.384. The normalized spacial score (nSPS) is 15.3. The van der Waals surface area contributed by atoms with Gasteiger partial charge in [-0.25, -0.2) is 9.79 Å². The molecule has 3 aromatic rings. The number of non-ortho nitro benzene ring substituents is 1. The number of hydrogen-bond donors (Lipinski definition) is 3. The van der Waals surface area contributed by atoms with E-state index in [1.165, 1.54) is 12.1 Å². The summed E-state index contributed by atoms with van der Waals surface area (Å²) in [6, 6.07) is 19.6. The van der Waals surface area contributed by atoms with Gasteiger partial charge in [-0.15, -0.1) is 0 Å². The molecule has 0 amide bonds. The first-order valence-electron chi connectivity index (χ1n) is 14.2. The predicted octanol–water partition coefficient (Wildman–Crippen LogP) is 4.93. The standard InChI is InChI=1S/C32H33N5O7S2/c1-4-43-30(39)28-20(2)36(32(46)35-29(28)22-6-5-7-24(16-22)37(40)41)18-25(38)19-44-27-12-8-21(9-13-27)17-33-31(45)34-23-10-14-26(42-3)15-11-23/h5-17,25,29,38H,4,18-19H2,1-3H3,(H,34,45)(H,35,46)/b33-17+. The number of rotatable bonds is 12. The SMILES string of the molecule is CCOC(=O)C1=C(C)N(CC(O)COc2ccc(/C=N/C(=S)Nc3ccc(OC)cc3)cc2)C(=S)NC1c1cccc([N+](=O)[O-])c1. The topological polar surface area (TPSA) is 148 Å². The molecule has 0 radical (unpaired) electrons. The van der Waals surface area contributed by atoms with E-state index in [0.717, 1.165) is 17.0 Å². The van der Waals surface area contributed by atoms with E-state index in [4.69, 9.17) is 38.6 Å². The summed E-state index contributed by atoms with van der Waals surface area (Å²) in [6.07, 6.45) is 0.633. The Morgan fingerprint density at radius 3 is 2.52 bits per heavy atom. The van der Waals surface area contributed by atoms with Crippen LogP contribution in [0.2, 0.25) is 0 Å². The van der Waals surface area contributed by atoms with Crippen LogP contribution >= 0.6 is 24.4 Å². The number of nitrogens with zero attached hydrogens (tertiary/aromatic N) is 3. The highest BCUT2D eigenvalue weighted by Crippen LogP contribution is 2.33. The van der Waals surface area contributed by atoms with Crippen LogP contribution < -0.4 is 20.1 Å². The maximum absolute atomic E-state index is 13.0. The minimum atomic E-state index is -0.991. The largest absolute Gasteiger partial charge is 0.497 e. The molecule has 0 saturated carbocycles. The van der Waals surface area contributed by atoms with E-state index in [2.05, 4.69) is 15.6 Å². The van der Waals surface area contributed by atoms with E-state index >= 15 is 0 Å². The first kappa shape index (κ1) is 34.0. The molecule has 46 heavy (non-hydrogen) atoms. The molecule has 0 saturated heterocycles. The van der Waals surface area contributed by atoms with Crippen molar-refractivity contribution < 1.29 is 29.0 Å². The first-order chi connectivity index (χ1) is 22.1. The van der Waals surface area contributed by atoms with Gasteiger partial charge in [0, 0.05) is 29.7 Å². The van der Waals surface area contributed by atoms with Crippen LogP contribution in [0.3, 0.4) is 0 Å². The summed E-state index contributed by atoms with van der Waals surface area (Å²) in [6.45, 7) is 3.47. The summed E-state index contributed by atoms with van der Waals surface area (Å²) in [5.41, 5.74) is 2.64. The molecule has 0 bridgehead atoms. The molecule has 4 rings (SSSR count). The lowest BCUT2D eigenvalue weighted by atomic mass is 9.94. The van der Waals surface area contributed by atoms with Gasteiger partial charge in [0.2, 0.25) is 0 Å². The highest BCUT2D eigenvalue weighted by Gasteiger charge is 2.36. The number of β-amino-alcohol motifs (C(OH)–C–C–N with tert-alkyl or cyclic N) is 1. The van der Waals surface area contributed by atoms with Crippen molar-refractivity contribution >= 4 is 58.2 Å². The molecule has 240 valence electrons. The van der Waals surface area contributed by atoms with Crippen molar-refractivity contribution in [1.29, 1.82) is 0 Å². The maximum Gasteiger partial charge on any atom is 0.338 e. The molecule has 0 aromatic heterocycles. The van der Waals surface area contributed by atoms with Crippen LogP contribution in [-0.2, 0) is 9.53 Å². The summed E-state index contributed by atoms with van der Waals surface area (Å²) in [7, 11) is 1.60. The Morgan fingerprint density at radius 2 is 1.87 bits per heavy atom. The van der Waals surface area contributed by atoms with E-state index in [-0.39, 0.29) is 36.1 Å². The Kier molecular flexibility index (Phi) is 11.7. The van der Waals surface area contributed by atoms with E-state index in [9.17, 15) is 20.0 Å². The van der Waals surface area contributed by atoms with Gasteiger partial charge in [0.05, 0.1) is 36.8 Å². The molecule has 1 heterocycles. The average molecular weight is 664 g/mol. The highest BCUT2D eigenvalue weighted by molar-refractivity contribution is 7.80. The minimum absolute atomic E-state index is 0.0195. The summed E-state index contributed by atoms with van der Waals surface area (Å²) in [4.78, 5) is 29.8. The number of thiocarbonyl (C=S) groups is 2. The molecule has 2 unspecified atom stereocenters. The van der Waals surface area contributed by atoms with Gasteiger partial charge < -0.3 is 34.9 Å². The molecule has 3 N–H and O–H groups in total. The van der Waals surface area contributed by atoms with Gasteiger partial charge in [0.15, 0.2) is 10.2 Å². The van der Waals surface area contributed by atoms with Crippen LogP contribution in [0.5, 0.6) is 11.5 Å². The average Bonchev–Trinajstić information content (AvgIpc) is 3.05. The quantitative estimate of drug-likeness (QED) is 0.0794. The number of benzene rings is 3. The predicted molar refractivity (Wildman–Crippen MR) is 182 cm³/mol. The van der Waals surface area contributed by atoms with E-state index in [1.54, 1.807) is 68.5 Å². The number of carbonyl (C=O) groups excluding carboxylic acids is 1.